The van der Waals surface area contributed by atoms with Crippen molar-refractivity contribution in [1.82, 2.24) is 4.90 Å². The summed E-state index contributed by atoms with van der Waals surface area (Å²) in [5.41, 5.74) is 0.670. The van der Waals surface area contributed by atoms with Gasteiger partial charge in [0.25, 0.3) is 5.69 Å². The minimum atomic E-state index is -0.753. The fourth-order valence-corrected chi connectivity index (χ4v) is 3.01. The van der Waals surface area contributed by atoms with Crippen LogP contribution in [0.15, 0.2) is 40.8 Å². The third-order valence-corrected chi connectivity index (χ3v) is 4.24. The molecule has 0 amide bonds. The summed E-state index contributed by atoms with van der Waals surface area (Å²) in [6, 6.07) is 9.91. The predicted octanol–water partition coefficient (Wildman–Crippen LogP) is 3.15. The summed E-state index contributed by atoms with van der Waals surface area (Å²) < 4.78 is 5.79. The maximum atomic E-state index is 11.1. The van der Waals surface area contributed by atoms with Gasteiger partial charge in [-0.05, 0) is 31.5 Å². The van der Waals surface area contributed by atoms with Crippen LogP contribution in [0.3, 0.4) is 0 Å². The Morgan fingerprint density at radius 1 is 1.38 bits per heavy atom. The van der Waals surface area contributed by atoms with Gasteiger partial charge in [-0.3, -0.25) is 19.8 Å². The number of non-ortho nitro benzene ring substituents is 1. The van der Waals surface area contributed by atoms with Crippen molar-refractivity contribution < 1.29 is 19.2 Å². The first kappa shape index (κ1) is 16.2. The first-order valence-electron chi connectivity index (χ1n) is 7.81. The number of carboxylic acid groups (broad SMARTS) is 1. The van der Waals surface area contributed by atoms with Crippen molar-refractivity contribution in [3.05, 3.63) is 52.3 Å². The molecule has 1 aromatic heterocycles. The van der Waals surface area contributed by atoms with E-state index in [1.54, 1.807) is 18.2 Å². The average molecular weight is 330 g/mol. The Bertz CT molecular complexity index is 755. The van der Waals surface area contributed by atoms with E-state index in [0.717, 1.165) is 18.7 Å². The fourth-order valence-electron chi connectivity index (χ4n) is 3.01. The van der Waals surface area contributed by atoms with Gasteiger partial charge in [-0.25, -0.2) is 0 Å². The molecule has 3 rings (SSSR count). The number of furan rings is 1. The molecule has 126 valence electrons. The largest absolute Gasteiger partial charge is 0.481 e. The van der Waals surface area contributed by atoms with E-state index in [1.165, 1.54) is 12.1 Å². The number of nitrogens with zero attached hydrogens (tertiary/aromatic N) is 2. The van der Waals surface area contributed by atoms with Crippen molar-refractivity contribution >= 4 is 11.7 Å². The molecule has 2 aromatic rings. The van der Waals surface area contributed by atoms with Gasteiger partial charge in [0, 0.05) is 24.2 Å². The lowest BCUT2D eigenvalue weighted by Crippen LogP contribution is -2.38. The number of carboxylic acids is 1. The molecule has 0 spiro atoms. The zero-order valence-electron chi connectivity index (χ0n) is 13.1. The molecule has 24 heavy (non-hydrogen) atoms. The second-order valence-electron chi connectivity index (χ2n) is 5.99. The van der Waals surface area contributed by atoms with E-state index in [9.17, 15) is 14.9 Å². The van der Waals surface area contributed by atoms with Gasteiger partial charge in [-0.2, -0.15) is 0 Å². The lowest BCUT2D eigenvalue weighted by atomic mass is 9.98. The van der Waals surface area contributed by atoms with Crippen LogP contribution in [0.2, 0.25) is 0 Å². The Morgan fingerprint density at radius 3 is 2.96 bits per heavy atom. The highest BCUT2D eigenvalue weighted by Gasteiger charge is 2.25. The monoisotopic (exact) mass is 330 g/mol. The second kappa shape index (κ2) is 6.84. The molecule has 1 aromatic carbocycles. The average Bonchev–Trinajstić information content (AvgIpc) is 3.03. The van der Waals surface area contributed by atoms with Crippen molar-refractivity contribution in [2.24, 2.45) is 5.92 Å². The van der Waals surface area contributed by atoms with E-state index in [0.29, 0.717) is 30.8 Å². The SMILES string of the molecule is O=C(O)C1CCCN(Cc2ccc(-c3cccc([N+](=O)[O-])c3)o2)C1. The highest BCUT2D eigenvalue weighted by atomic mass is 16.6. The number of nitro benzene ring substituents is 1. The van der Waals surface area contributed by atoms with Crippen LogP contribution in [0.4, 0.5) is 5.69 Å². The smallest absolute Gasteiger partial charge is 0.307 e. The zero-order chi connectivity index (χ0) is 17.1. The number of hydrogen-bond acceptors (Lipinski definition) is 5. The van der Waals surface area contributed by atoms with Crippen LogP contribution in [-0.4, -0.2) is 34.0 Å². The molecule has 0 saturated carbocycles. The predicted molar refractivity (Wildman–Crippen MR) is 86.4 cm³/mol. The summed E-state index contributed by atoms with van der Waals surface area (Å²) >= 11 is 0. The van der Waals surface area contributed by atoms with Crippen LogP contribution >= 0.6 is 0 Å². The van der Waals surface area contributed by atoms with E-state index in [4.69, 9.17) is 9.52 Å². The topological polar surface area (TPSA) is 96.8 Å². The summed E-state index contributed by atoms with van der Waals surface area (Å²) in [5.74, 6) is 0.212. The van der Waals surface area contributed by atoms with Crippen LogP contribution in [0, 0.1) is 16.0 Å². The van der Waals surface area contributed by atoms with Gasteiger partial charge in [0.1, 0.15) is 11.5 Å². The third-order valence-electron chi connectivity index (χ3n) is 4.24. The molecule has 2 heterocycles. The van der Waals surface area contributed by atoms with E-state index >= 15 is 0 Å². The molecule has 1 atom stereocenters. The Hall–Kier alpha value is -2.67. The van der Waals surface area contributed by atoms with Gasteiger partial charge < -0.3 is 9.52 Å². The summed E-state index contributed by atoms with van der Waals surface area (Å²) in [7, 11) is 0. The quantitative estimate of drug-likeness (QED) is 0.668. The zero-order valence-corrected chi connectivity index (χ0v) is 13.1. The van der Waals surface area contributed by atoms with Crippen molar-refractivity contribution in [2.75, 3.05) is 13.1 Å². The molecule has 1 aliphatic heterocycles. The van der Waals surface area contributed by atoms with Crippen LogP contribution in [0.25, 0.3) is 11.3 Å². The molecule has 0 radical (unpaired) electrons. The van der Waals surface area contributed by atoms with E-state index in [-0.39, 0.29) is 11.6 Å². The number of piperidine rings is 1. The lowest BCUT2D eigenvalue weighted by Gasteiger charge is -2.29. The molecular weight excluding hydrogens is 312 g/mol. The Kier molecular flexibility index (Phi) is 4.61. The molecule has 7 nitrogen and oxygen atoms in total. The van der Waals surface area contributed by atoms with Gasteiger partial charge in [-0.1, -0.05) is 12.1 Å². The number of hydrogen-bond donors (Lipinski definition) is 1. The first-order valence-corrected chi connectivity index (χ1v) is 7.81. The van der Waals surface area contributed by atoms with Crippen molar-refractivity contribution in [3.63, 3.8) is 0 Å². The Morgan fingerprint density at radius 2 is 2.21 bits per heavy atom. The molecule has 1 aliphatic rings. The summed E-state index contributed by atoms with van der Waals surface area (Å²) in [6.07, 6.45) is 1.57. The summed E-state index contributed by atoms with van der Waals surface area (Å²) in [6.45, 7) is 1.90. The molecule has 1 fully saturated rings. The number of likely N-dealkylation sites (tertiary alicyclic amines) is 1. The highest BCUT2D eigenvalue weighted by molar-refractivity contribution is 5.70. The lowest BCUT2D eigenvalue weighted by molar-refractivity contribution is -0.384. The van der Waals surface area contributed by atoms with Crippen LogP contribution in [-0.2, 0) is 11.3 Å². The first-order chi connectivity index (χ1) is 11.5. The summed E-state index contributed by atoms with van der Waals surface area (Å²) in [4.78, 5) is 23.6. The van der Waals surface area contributed by atoms with Crippen molar-refractivity contribution in [2.45, 2.75) is 19.4 Å². The number of benzene rings is 1. The van der Waals surface area contributed by atoms with Gasteiger partial charge in [0.05, 0.1) is 17.4 Å². The number of carbonyl (C=O) groups is 1. The third kappa shape index (κ3) is 3.62. The van der Waals surface area contributed by atoms with Crippen molar-refractivity contribution in [3.8, 4) is 11.3 Å². The second-order valence-corrected chi connectivity index (χ2v) is 5.99. The molecule has 0 bridgehead atoms. The van der Waals surface area contributed by atoms with Crippen LogP contribution in [0.1, 0.15) is 18.6 Å². The highest BCUT2D eigenvalue weighted by Crippen LogP contribution is 2.27. The van der Waals surface area contributed by atoms with Crippen molar-refractivity contribution in [1.29, 1.82) is 0 Å². The molecule has 7 heteroatoms. The van der Waals surface area contributed by atoms with E-state index < -0.39 is 10.9 Å². The Balaban J connectivity index is 1.70. The standard InChI is InChI=1S/C17H18N2O5/c20-17(21)13-4-2-8-18(10-13)11-15-6-7-16(24-15)12-3-1-5-14(9-12)19(22)23/h1,3,5-7,9,13H,2,4,8,10-11H2,(H,20,21). The van der Waals surface area contributed by atoms with E-state index in [1.807, 2.05) is 6.07 Å². The van der Waals surface area contributed by atoms with Gasteiger partial charge >= 0.3 is 5.97 Å². The minimum Gasteiger partial charge on any atom is -0.481 e. The summed E-state index contributed by atoms with van der Waals surface area (Å²) in [5, 5.41) is 20.0. The number of aliphatic carboxylic acids is 1. The van der Waals surface area contributed by atoms with Gasteiger partial charge in [0.15, 0.2) is 0 Å². The number of rotatable bonds is 5. The van der Waals surface area contributed by atoms with Crippen LogP contribution in [0.5, 0.6) is 0 Å². The Labute approximate surface area is 138 Å². The maximum absolute atomic E-state index is 11.1. The van der Waals surface area contributed by atoms with Crippen LogP contribution < -0.4 is 0 Å². The van der Waals surface area contributed by atoms with Gasteiger partial charge in [0.2, 0.25) is 0 Å². The van der Waals surface area contributed by atoms with Gasteiger partial charge in [-0.15, -0.1) is 0 Å². The molecule has 1 N–H and O–H groups in total. The molecule has 0 aliphatic carbocycles. The van der Waals surface area contributed by atoms with E-state index in [2.05, 4.69) is 4.90 Å². The molecule has 1 saturated heterocycles. The normalized spacial score (nSPS) is 18.4. The number of nitro groups is 1. The molecule has 1 unspecified atom stereocenters. The molecular formula is C17H18N2O5. The fraction of sp³-hybridized carbons (Fsp3) is 0.353. The maximum Gasteiger partial charge on any atom is 0.307 e. The minimum absolute atomic E-state index is 0.0192.